The maximum absolute atomic E-state index is 12.3. The number of carbonyl (C=O) groups is 2. The minimum Gasteiger partial charge on any atom is -0.458 e. The number of fused-ring (bicyclic) bond motifs is 2. The lowest BCUT2D eigenvalue weighted by Crippen LogP contribution is -2.27. The van der Waals surface area contributed by atoms with Gasteiger partial charge in [0.2, 0.25) is 0 Å². The van der Waals surface area contributed by atoms with Crippen LogP contribution >= 0.6 is 0 Å². The Hall–Kier alpha value is -2.04. The van der Waals surface area contributed by atoms with Crippen LogP contribution in [0.1, 0.15) is 46.5 Å². The van der Waals surface area contributed by atoms with Gasteiger partial charge in [-0.3, -0.25) is 0 Å². The molecule has 0 aromatic rings. The standard InChI is InChI=1S/C19H22O5/c1-10-7-14(23-17(10)20)22-9-13-12-8-11-5-4-6-19(2,3)15(11)16(12)24-18(13)21/h7,9,12,14,16H,4-6,8H2,1-3H3/t12-,14+,16+/m1/s1. The second kappa shape index (κ2) is 5.23. The van der Waals surface area contributed by atoms with Gasteiger partial charge < -0.3 is 14.2 Å². The van der Waals surface area contributed by atoms with Crippen molar-refractivity contribution >= 4 is 11.9 Å². The van der Waals surface area contributed by atoms with E-state index in [2.05, 4.69) is 13.8 Å². The van der Waals surface area contributed by atoms with Crippen molar-refractivity contribution < 1.29 is 23.8 Å². The summed E-state index contributed by atoms with van der Waals surface area (Å²) in [7, 11) is 0. The van der Waals surface area contributed by atoms with Crippen molar-refractivity contribution in [2.45, 2.75) is 58.8 Å². The SMILES string of the molecule is CC1=C[C@@H](OC=C2C(=O)O[C@@H]3C4=C(CCCC4(C)C)C[C@H]23)OC1=O. The Labute approximate surface area is 141 Å². The van der Waals surface area contributed by atoms with Crippen LogP contribution in [0.25, 0.3) is 0 Å². The summed E-state index contributed by atoms with van der Waals surface area (Å²) < 4.78 is 16.2. The molecular weight excluding hydrogens is 308 g/mol. The zero-order valence-electron chi connectivity index (χ0n) is 14.3. The molecule has 2 aliphatic carbocycles. The Morgan fingerprint density at radius 1 is 1.25 bits per heavy atom. The first-order valence-corrected chi connectivity index (χ1v) is 8.55. The van der Waals surface area contributed by atoms with Gasteiger partial charge in [0.05, 0.1) is 11.8 Å². The summed E-state index contributed by atoms with van der Waals surface area (Å²) in [4.78, 5) is 23.7. The molecule has 5 nitrogen and oxygen atoms in total. The Kier molecular flexibility index (Phi) is 3.37. The highest BCUT2D eigenvalue weighted by Crippen LogP contribution is 2.54. The first-order chi connectivity index (χ1) is 11.4. The normalized spacial score (nSPS) is 35.5. The molecule has 2 heterocycles. The molecule has 0 unspecified atom stereocenters. The highest BCUT2D eigenvalue weighted by Gasteiger charge is 2.52. The maximum atomic E-state index is 12.3. The number of ether oxygens (including phenoxy) is 3. The molecule has 0 N–H and O–H groups in total. The largest absolute Gasteiger partial charge is 0.458 e. The molecule has 0 aromatic carbocycles. The van der Waals surface area contributed by atoms with Crippen molar-refractivity contribution in [2.75, 3.05) is 0 Å². The summed E-state index contributed by atoms with van der Waals surface area (Å²) in [6.07, 6.45) is 6.42. The van der Waals surface area contributed by atoms with E-state index in [0.717, 1.165) is 19.3 Å². The van der Waals surface area contributed by atoms with E-state index in [1.54, 1.807) is 13.0 Å². The van der Waals surface area contributed by atoms with Gasteiger partial charge in [-0.05, 0) is 43.6 Å². The molecule has 0 radical (unpaired) electrons. The summed E-state index contributed by atoms with van der Waals surface area (Å²) in [6.45, 7) is 6.15. The Balaban J connectivity index is 1.55. The first kappa shape index (κ1) is 15.5. The summed E-state index contributed by atoms with van der Waals surface area (Å²) in [6, 6.07) is 0. The molecule has 1 saturated heterocycles. The van der Waals surface area contributed by atoms with Gasteiger partial charge in [-0.1, -0.05) is 19.4 Å². The number of hydrogen-bond donors (Lipinski definition) is 0. The van der Waals surface area contributed by atoms with Crippen LogP contribution in [-0.4, -0.2) is 24.3 Å². The van der Waals surface area contributed by atoms with Crippen LogP contribution in [0.15, 0.2) is 34.6 Å². The topological polar surface area (TPSA) is 61.8 Å². The van der Waals surface area contributed by atoms with Crippen LogP contribution in [0.3, 0.4) is 0 Å². The highest BCUT2D eigenvalue weighted by atomic mass is 16.7. The van der Waals surface area contributed by atoms with Crippen molar-refractivity contribution in [1.82, 2.24) is 0 Å². The number of rotatable bonds is 2. The minimum atomic E-state index is -0.753. The maximum Gasteiger partial charge on any atom is 0.338 e. The van der Waals surface area contributed by atoms with Crippen molar-refractivity contribution in [3.63, 3.8) is 0 Å². The molecule has 5 heteroatoms. The third kappa shape index (κ3) is 2.29. The number of hydrogen-bond acceptors (Lipinski definition) is 5. The number of esters is 2. The van der Waals surface area contributed by atoms with Crippen LogP contribution in [0.5, 0.6) is 0 Å². The first-order valence-electron chi connectivity index (χ1n) is 8.55. The molecule has 128 valence electrons. The fraction of sp³-hybridized carbons (Fsp3) is 0.579. The van der Waals surface area contributed by atoms with Gasteiger partial charge in [0, 0.05) is 17.6 Å². The Bertz CT molecular complexity index is 709. The van der Waals surface area contributed by atoms with Gasteiger partial charge in [-0.25, -0.2) is 9.59 Å². The molecule has 3 atom stereocenters. The fourth-order valence-electron chi connectivity index (χ4n) is 4.46. The molecule has 4 aliphatic rings. The summed E-state index contributed by atoms with van der Waals surface area (Å²) in [5.74, 6) is -0.671. The fourth-order valence-corrected chi connectivity index (χ4v) is 4.46. The smallest absolute Gasteiger partial charge is 0.338 e. The summed E-state index contributed by atoms with van der Waals surface area (Å²) >= 11 is 0. The quantitative estimate of drug-likeness (QED) is 0.337. The van der Waals surface area contributed by atoms with Gasteiger partial charge in [0.15, 0.2) is 0 Å². The van der Waals surface area contributed by atoms with Gasteiger partial charge in [0.1, 0.15) is 6.10 Å². The zero-order chi connectivity index (χ0) is 17.1. The molecular formula is C19H22O5. The Morgan fingerprint density at radius 2 is 2.04 bits per heavy atom. The van der Waals surface area contributed by atoms with Crippen LogP contribution < -0.4 is 0 Å². The molecule has 2 aliphatic heterocycles. The van der Waals surface area contributed by atoms with E-state index in [0.29, 0.717) is 11.1 Å². The average molecular weight is 330 g/mol. The van der Waals surface area contributed by atoms with Gasteiger partial charge in [-0.15, -0.1) is 0 Å². The number of cyclic esters (lactones) is 1. The van der Waals surface area contributed by atoms with Crippen LogP contribution in [0, 0.1) is 11.3 Å². The van der Waals surface area contributed by atoms with Crippen molar-refractivity contribution in [2.24, 2.45) is 11.3 Å². The predicted molar refractivity (Wildman–Crippen MR) is 85.5 cm³/mol. The van der Waals surface area contributed by atoms with E-state index in [-0.39, 0.29) is 29.4 Å². The molecule has 0 spiro atoms. The average Bonchev–Trinajstić information content (AvgIpc) is 3.10. The minimum absolute atomic E-state index is 0.0297. The van der Waals surface area contributed by atoms with E-state index in [9.17, 15) is 9.59 Å². The predicted octanol–water partition coefficient (Wildman–Crippen LogP) is 3.17. The second-order valence-corrected chi connectivity index (χ2v) is 7.72. The van der Waals surface area contributed by atoms with Crippen molar-refractivity contribution in [3.8, 4) is 0 Å². The molecule has 24 heavy (non-hydrogen) atoms. The second-order valence-electron chi connectivity index (χ2n) is 7.72. The zero-order valence-corrected chi connectivity index (χ0v) is 14.3. The van der Waals surface area contributed by atoms with E-state index >= 15 is 0 Å². The number of carbonyl (C=O) groups excluding carboxylic acids is 2. The molecule has 4 rings (SSSR count). The summed E-state index contributed by atoms with van der Waals surface area (Å²) in [5, 5.41) is 0. The monoisotopic (exact) mass is 330 g/mol. The third-order valence-corrected chi connectivity index (χ3v) is 5.64. The van der Waals surface area contributed by atoms with E-state index in [1.807, 2.05) is 0 Å². The highest BCUT2D eigenvalue weighted by molar-refractivity contribution is 5.92. The van der Waals surface area contributed by atoms with Gasteiger partial charge in [0.25, 0.3) is 6.29 Å². The van der Waals surface area contributed by atoms with Gasteiger partial charge >= 0.3 is 11.9 Å². The molecule has 0 aromatic heterocycles. The van der Waals surface area contributed by atoms with Crippen molar-refractivity contribution in [1.29, 1.82) is 0 Å². The van der Waals surface area contributed by atoms with Crippen LogP contribution in [0.4, 0.5) is 0 Å². The Morgan fingerprint density at radius 3 is 2.75 bits per heavy atom. The van der Waals surface area contributed by atoms with E-state index in [4.69, 9.17) is 14.2 Å². The number of allylic oxidation sites excluding steroid dienone is 1. The van der Waals surface area contributed by atoms with E-state index < -0.39 is 6.29 Å². The molecule has 0 amide bonds. The summed E-state index contributed by atoms with van der Waals surface area (Å²) in [5.41, 5.74) is 3.93. The lowest BCUT2D eigenvalue weighted by Gasteiger charge is -2.34. The van der Waals surface area contributed by atoms with E-state index in [1.165, 1.54) is 23.8 Å². The van der Waals surface area contributed by atoms with Crippen LogP contribution in [0.2, 0.25) is 0 Å². The lowest BCUT2D eigenvalue weighted by atomic mass is 9.72. The van der Waals surface area contributed by atoms with Crippen LogP contribution in [-0.2, 0) is 23.8 Å². The third-order valence-electron chi connectivity index (χ3n) is 5.64. The molecule has 1 fully saturated rings. The molecule has 0 saturated carbocycles. The van der Waals surface area contributed by atoms with Crippen molar-refractivity contribution in [3.05, 3.63) is 34.6 Å². The lowest BCUT2D eigenvalue weighted by molar-refractivity contribution is -0.152. The van der Waals surface area contributed by atoms with Gasteiger partial charge in [-0.2, -0.15) is 0 Å². The molecule has 0 bridgehead atoms.